The summed E-state index contributed by atoms with van der Waals surface area (Å²) in [6, 6.07) is -0.752. The van der Waals surface area contributed by atoms with E-state index in [0.717, 1.165) is 19.3 Å². The Morgan fingerprint density at radius 3 is 2.69 bits per heavy atom. The molecule has 1 aliphatic heterocycles. The van der Waals surface area contributed by atoms with E-state index in [1.54, 1.807) is 0 Å². The number of nitrogens with zero attached hydrogens (tertiary/aromatic N) is 1. The van der Waals surface area contributed by atoms with Crippen LogP contribution >= 0.6 is 11.8 Å². The molecule has 3 atom stereocenters. The number of rotatable bonds is 2. The van der Waals surface area contributed by atoms with E-state index in [1.165, 1.54) is 16.7 Å². The number of aliphatic carboxylic acids is 1. The lowest BCUT2D eigenvalue weighted by molar-refractivity contribution is -0.149. The summed E-state index contributed by atoms with van der Waals surface area (Å²) in [5, 5.41) is 9.00. The van der Waals surface area contributed by atoms with E-state index >= 15 is 0 Å². The molecule has 0 spiro atoms. The van der Waals surface area contributed by atoms with Crippen LogP contribution in [0.5, 0.6) is 0 Å². The molecule has 1 saturated heterocycles. The minimum atomic E-state index is -0.912. The highest BCUT2D eigenvalue weighted by atomic mass is 32.2. The average molecular weight is 244 g/mol. The van der Waals surface area contributed by atoms with E-state index < -0.39 is 12.0 Å². The fraction of sp³-hybridized carbons (Fsp3) is 0.800. The Hall–Kier alpha value is -0.750. The summed E-state index contributed by atoms with van der Waals surface area (Å²) in [6.07, 6.45) is 2.64. The largest absolute Gasteiger partial charge is 0.480 e. The molecule has 6 heteroatoms. The summed E-state index contributed by atoms with van der Waals surface area (Å²) < 4.78 is 0. The van der Waals surface area contributed by atoms with Crippen molar-refractivity contribution < 1.29 is 14.7 Å². The highest BCUT2D eigenvalue weighted by Crippen LogP contribution is 2.30. The number of carboxylic acids is 1. The van der Waals surface area contributed by atoms with Crippen molar-refractivity contribution in [2.24, 2.45) is 11.7 Å². The van der Waals surface area contributed by atoms with E-state index in [0.29, 0.717) is 11.6 Å². The highest BCUT2D eigenvalue weighted by Gasteiger charge is 2.40. The van der Waals surface area contributed by atoms with Crippen LogP contribution in [0, 0.1) is 5.92 Å². The first-order chi connectivity index (χ1) is 7.61. The van der Waals surface area contributed by atoms with Crippen LogP contribution in [0.25, 0.3) is 0 Å². The molecule has 1 saturated carbocycles. The van der Waals surface area contributed by atoms with Gasteiger partial charge in [0.05, 0.1) is 11.8 Å². The molecule has 5 nitrogen and oxygen atoms in total. The topological polar surface area (TPSA) is 83.6 Å². The average Bonchev–Trinajstić information content (AvgIpc) is 2.84. The van der Waals surface area contributed by atoms with Crippen LogP contribution in [0.1, 0.15) is 19.3 Å². The summed E-state index contributed by atoms with van der Waals surface area (Å²) in [5.74, 6) is -0.171. The predicted octanol–water partition coefficient (Wildman–Crippen LogP) is 0.0999. The zero-order valence-corrected chi connectivity index (χ0v) is 9.78. The molecule has 2 rings (SSSR count). The van der Waals surface area contributed by atoms with E-state index in [4.69, 9.17) is 10.8 Å². The van der Waals surface area contributed by atoms with Crippen LogP contribution in [0.4, 0.5) is 0 Å². The maximum Gasteiger partial charge on any atom is 0.327 e. The van der Waals surface area contributed by atoms with Crippen LogP contribution in [0.3, 0.4) is 0 Å². The zero-order valence-electron chi connectivity index (χ0n) is 8.96. The van der Waals surface area contributed by atoms with Gasteiger partial charge in [-0.15, -0.1) is 11.8 Å². The molecule has 1 heterocycles. The first kappa shape index (κ1) is 11.7. The Kier molecular flexibility index (Phi) is 3.39. The van der Waals surface area contributed by atoms with Gasteiger partial charge in [0, 0.05) is 11.8 Å². The van der Waals surface area contributed by atoms with Crippen molar-refractivity contribution in [2.45, 2.75) is 31.3 Å². The quantitative estimate of drug-likeness (QED) is 0.719. The standard InChI is InChI=1S/C10H16N2O3S/c11-7-3-1-2-6(7)9(13)12-5-16-4-8(12)10(14)15/h6-8H,1-5,11H2,(H,14,15)/t6?,7?,8-/m0/s1. The second-order valence-corrected chi connectivity index (χ2v) is 5.36. The summed E-state index contributed by atoms with van der Waals surface area (Å²) in [4.78, 5) is 24.6. The Labute approximate surface area is 98.4 Å². The maximum absolute atomic E-state index is 12.1. The summed E-state index contributed by atoms with van der Waals surface area (Å²) >= 11 is 1.49. The monoisotopic (exact) mass is 244 g/mol. The van der Waals surface area contributed by atoms with Crippen molar-refractivity contribution in [3.8, 4) is 0 Å². The number of carboxylic acid groups (broad SMARTS) is 1. The molecule has 0 aromatic rings. The van der Waals surface area contributed by atoms with E-state index in [2.05, 4.69) is 0 Å². The fourth-order valence-electron chi connectivity index (χ4n) is 2.37. The van der Waals surface area contributed by atoms with Crippen molar-refractivity contribution in [1.29, 1.82) is 0 Å². The molecule has 2 fully saturated rings. The molecular weight excluding hydrogens is 228 g/mol. The Morgan fingerprint density at radius 1 is 1.38 bits per heavy atom. The fourth-order valence-corrected chi connectivity index (χ4v) is 3.53. The van der Waals surface area contributed by atoms with Gasteiger partial charge in [-0.2, -0.15) is 0 Å². The molecule has 0 radical (unpaired) electrons. The van der Waals surface area contributed by atoms with Crippen LogP contribution in [0.15, 0.2) is 0 Å². The van der Waals surface area contributed by atoms with Crippen molar-refractivity contribution >= 4 is 23.6 Å². The Balaban J connectivity index is 2.06. The molecule has 1 aliphatic carbocycles. The number of hydrogen-bond donors (Lipinski definition) is 2. The Morgan fingerprint density at radius 2 is 2.12 bits per heavy atom. The maximum atomic E-state index is 12.1. The summed E-state index contributed by atoms with van der Waals surface area (Å²) in [6.45, 7) is 0. The minimum Gasteiger partial charge on any atom is -0.480 e. The van der Waals surface area contributed by atoms with Gasteiger partial charge >= 0.3 is 5.97 Å². The molecule has 2 aliphatic rings. The zero-order chi connectivity index (χ0) is 11.7. The van der Waals surface area contributed by atoms with Gasteiger partial charge in [-0.3, -0.25) is 4.79 Å². The van der Waals surface area contributed by atoms with Gasteiger partial charge in [0.1, 0.15) is 6.04 Å². The number of hydrogen-bond acceptors (Lipinski definition) is 4. The first-order valence-corrected chi connectivity index (χ1v) is 6.63. The first-order valence-electron chi connectivity index (χ1n) is 5.48. The number of carbonyl (C=O) groups is 2. The number of thioether (sulfide) groups is 1. The molecule has 0 aromatic heterocycles. The normalized spacial score (nSPS) is 34.3. The van der Waals surface area contributed by atoms with E-state index in [1.807, 2.05) is 0 Å². The molecule has 0 aromatic carbocycles. The highest BCUT2D eigenvalue weighted by molar-refractivity contribution is 7.99. The van der Waals surface area contributed by atoms with E-state index in [9.17, 15) is 9.59 Å². The molecule has 90 valence electrons. The number of nitrogens with two attached hydrogens (primary N) is 1. The third kappa shape index (κ3) is 2.04. The Bertz CT molecular complexity index is 310. The van der Waals surface area contributed by atoms with Gasteiger partial charge in [0.15, 0.2) is 0 Å². The van der Waals surface area contributed by atoms with Crippen LogP contribution in [-0.2, 0) is 9.59 Å². The van der Waals surface area contributed by atoms with Gasteiger partial charge in [0.2, 0.25) is 5.91 Å². The molecule has 2 unspecified atom stereocenters. The number of amides is 1. The number of carbonyl (C=O) groups excluding carboxylic acids is 1. The van der Waals surface area contributed by atoms with Gasteiger partial charge in [-0.05, 0) is 12.8 Å². The SMILES string of the molecule is NC1CCCC1C(=O)N1CSC[C@H]1C(=O)O. The molecular formula is C10H16N2O3S. The predicted molar refractivity (Wildman–Crippen MR) is 60.9 cm³/mol. The van der Waals surface area contributed by atoms with Crippen LogP contribution < -0.4 is 5.73 Å². The third-order valence-corrected chi connectivity index (χ3v) is 4.35. The lowest BCUT2D eigenvalue weighted by atomic mass is 10.0. The molecule has 0 bridgehead atoms. The van der Waals surface area contributed by atoms with Crippen molar-refractivity contribution in [3.63, 3.8) is 0 Å². The summed E-state index contributed by atoms with van der Waals surface area (Å²) in [7, 11) is 0. The third-order valence-electron chi connectivity index (χ3n) is 3.34. The van der Waals surface area contributed by atoms with Gasteiger partial charge in [0.25, 0.3) is 0 Å². The van der Waals surface area contributed by atoms with Gasteiger partial charge in [-0.1, -0.05) is 6.42 Å². The molecule has 1 amide bonds. The lowest BCUT2D eigenvalue weighted by Gasteiger charge is -2.25. The van der Waals surface area contributed by atoms with Gasteiger partial charge < -0.3 is 15.7 Å². The lowest BCUT2D eigenvalue weighted by Crippen LogP contribution is -2.47. The second-order valence-electron chi connectivity index (χ2n) is 4.36. The second kappa shape index (κ2) is 4.63. The van der Waals surface area contributed by atoms with Crippen LogP contribution in [0.2, 0.25) is 0 Å². The van der Waals surface area contributed by atoms with Gasteiger partial charge in [-0.25, -0.2) is 4.79 Å². The van der Waals surface area contributed by atoms with Crippen molar-refractivity contribution in [1.82, 2.24) is 4.90 Å². The van der Waals surface area contributed by atoms with Crippen molar-refractivity contribution in [3.05, 3.63) is 0 Å². The smallest absolute Gasteiger partial charge is 0.327 e. The van der Waals surface area contributed by atoms with Crippen molar-refractivity contribution in [2.75, 3.05) is 11.6 Å². The van der Waals surface area contributed by atoms with E-state index in [-0.39, 0.29) is 17.9 Å². The minimum absolute atomic E-state index is 0.0672. The molecule has 3 N–H and O–H groups in total. The summed E-state index contributed by atoms with van der Waals surface area (Å²) in [5.41, 5.74) is 5.87. The molecule has 16 heavy (non-hydrogen) atoms. The van der Waals surface area contributed by atoms with Crippen LogP contribution in [-0.4, -0.2) is 45.6 Å².